The highest BCUT2D eigenvalue weighted by atomic mass is 16.5. The number of hydrogen-bond donors (Lipinski definition) is 1. The highest BCUT2D eigenvalue weighted by Gasteiger charge is 2.42. The number of nitrogens with zero attached hydrogens (tertiary/aromatic N) is 2. The third-order valence-corrected chi connectivity index (χ3v) is 8.47. The second kappa shape index (κ2) is 12.3. The molecule has 1 atom stereocenters. The number of aryl methyl sites for hydroxylation is 1. The van der Waals surface area contributed by atoms with E-state index in [1.54, 1.807) is 7.11 Å². The van der Waals surface area contributed by atoms with Crippen molar-refractivity contribution in [2.75, 3.05) is 58.0 Å². The van der Waals surface area contributed by atoms with Crippen molar-refractivity contribution in [2.45, 2.75) is 51.5 Å². The number of carbonyl (C=O) groups is 2. The average Bonchev–Trinajstić information content (AvgIpc) is 2.98. The van der Waals surface area contributed by atoms with Crippen LogP contribution in [-0.2, 0) is 16.0 Å². The van der Waals surface area contributed by atoms with Crippen molar-refractivity contribution < 1.29 is 23.8 Å². The van der Waals surface area contributed by atoms with Crippen molar-refractivity contribution in [3.8, 4) is 11.5 Å². The lowest BCUT2D eigenvalue weighted by molar-refractivity contribution is -0.135. The van der Waals surface area contributed by atoms with Gasteiger partial charge in [-0.3, -0.25) is 9.59 Å². The molecule has 2 aromatic carbocycles. The summed E-state index contributed by atoms with van der Waals surface area (Å²) in [5, 5.41) is 3.22. The van der Waals surface area contributed by atoms with Crippen LogP contribution in [0, 0.1) is 5.41 Å². The first-order chi connectivity index (χ1) is 19.0. The number of rotatable bonds is 3. The Morgan fingerprint density at radius 3 is 2.56 bits per heavy atom. The predicted molar refractivity (Wildman–Crippen MR) is 151 cm³/mol. The standard InChI is InChI=1S/C31H41N3O5/c1-23-22-39-27-9-4-3-7-24(27)8-5-6-12-31(30(36)32-23)13-15-34(16-14-31)29(35)26-21-25(10-11-28(26)37-2)33-17-19-38-20-18-33/h3-4,7,9-11,21,23H,5-6,8,12-20,22H2,1-2H3,(H,32,36)/t23-/m0/s1. The minimum absolute atomic E-state index is 0.0382. The summed E-state index contributed by atoms with van der Waals surface area (Å²) in [6.07, 6.45) is 5.03. The van der Waals surface area contributed by atoms with Gasteiger partial charge in [0.2, 0.25) is 5.91 Å². The van der Waals surface area contributed by atoms with E-state index >= 15 is 0 Å². The summed E-state index contributed by atoms with van der Waals surface area (Å²) in [5.41, 5.74) is 2.33. The van der Waals surface area contributed by atoms with Crippen LogP contribution in [0.25, 0.3) is 0 Å². The van der Waals surface area contributed by atoms with Gasteiger partial charge < -0.3 is 29.3 Å². The Kier molecular flexibility index (Phi) is 8.60. The van der Waals surface area contributed by atoms with Crippen LogP contribution in [0.1, 0.15) is 54.9 Å². The summed E-state index contributed by atoms with van der Waals surface area (Å²) < 4.78 is 17.1. The number of methoxy groups -OCH3 is 1. The summed E-state index contributed by atoms with van der Waals surface area (Å²) in [5.74, 6) is 1.54. The van der Waals surface area contributed by atoms with E-state index in [1.165, 1.54) is 5.56 Å². The fourth-order valence-electron chi connectivity index (χ4n) is 6.04. The number of nitrogens with one attached hydrogen (secondary N) is 1. The fourth-order valence-corrected chi connectivity index (χ4v) is 6.04. The number of carbonyl (C=O) groups excluding carboxylic acids is 2. The monoisotopic (exact) mass is 535 g/mol. The van der Waals surface area contributed by atoms with Gasteiger partial charge in [-0.2, -0.15) is 0 Å². The van der Waals surface area contributed by atoms with Crippen molar-refractivity contribution in [3.63, 3.8) is 0 Å². The number of likely N-dealkylation sites (tertiary alicyclic amines) is 1. The van der Waals surface area contributed by atoms with Gasteiger partial charge in [0.25, 0.3) is 5.91 Å². The average molecular weight is 536 g/mol. The van der Waals surface area contributed by atoms with Crippen LogP contribution in [0.15, 0.2) is 42.5 Å². The third kappa shape index (κ3) is 6.16. The van der Waals surface area contributed by atoms with Gasteiger partial charge >= 0.3 is 0 Å². The molecule has 5 rings (SSSR count). The summed E-state index contributed by atoms with van der Waals surface area (Å²) >= 11 is 0. The number of ether oxygens (including phenoxy) is 3. The number of morpholine rings is 1. The number of hydrogen-bond acceptors (Lipinski definition) is 6. The van der Waals surface area contributed by atoms with Gasteiger partial charge in [-0.25, -0.2) is 0 Å². The van der Waals surface area contributed by atoms with Crippen molar-refractivity contribution in [2.24, 2.45) is 5.41 Å². The van der Waals surface area contributed by atoms with Crippen LogP contribution in [0.5, 0.6) is 11.5 Å². The number of fused-ring (bicyclic) bond motifs is 1. The van der Waals surface area contributed by atoms with Crippen molar-refractivity contribution in [1.82, 2.24) is 10.2 Å². The maximum Gasteiger partial charge on any atom is 0.257 e. The normalized spacial score (nSPS) is 22.1. The molecule has 0 bridgehead atoms. The van der Waals surface area contributed by atoms with Gasteiger partial charge in [0.05, 0.1) is 37.3 Å². The summed E-state index contributed by atoms with van der Waals surface area (Å²) in [6, 6.07) is 13.9. The van der Waals surface area contributed by atoms with Crippen molar-refractivity contribution in [3.05, 3.63) is 53.6 Å². The Morgan fingerprint density at radius 1 is 1.03 bits per heavy atom. The molecule has 2 saturated heterocycles. The molecule has 0 unspecified atom stereocenters. The van der Waals surface area contributed by atoms with E-state index in [2.05, 4.69) is 22.3 Å². The van der Waals surface area contributed by atoms with E-state index in [4.69, 9.17) is 14.2 Å². The van der Waals surface area contributed by atoms with Gasteiger partial charge in [0, 0.05) is 31.9 Å². The second-order valence-electron chi connectivity index (χ2n) is 11.1. The highest BCUT2D eigenvalue weighted by molar-refractivity contribution is 5.98. The molecule has 3 heterocycles. The molecule has 8 heteroatoms. The van der Waals surface area contributed by atoms with E-state index in [0.717, 1.165) is 50.2 Å². The number of anilines is 1. The van der Waals surface area contributed by atoms with Crippen molar-refractivity contribution >= 4 is 17.5 Å². The molecule has 2 amide bonds. The minimum atomic E-state index is -0.469. The quantitative estimate of drug-likeness (QED) is 0.639. The van der Waals surface area contributed by atoms with E-state index in [-0.39, 0.29) is 17.9 Å². The first kappa shape index (κ1) is 27.3. The zero-order chi connectivity index (χ0) is 27.2. The number of piperidine rings is 1. The largest absolute Gasteiger partial charge is 0.496 e. The molecule has 1 spiro atoms. The molecule has 0 aliphatic carbocycles. The van der Waals surface area contributed by atoms with Crippen LogP contribution >= 0.6 is 0 Å². The lowest BCUT2D eigenvalue weighted by atomic mass is 9.73. The molecule has 3 aliphatic heterocycles. The lowest BCUT2D eigenvalue weighted by Gasteiger charge is -2.41. The van der Waals surface area contributed by atoms with Crippen LogP contribution in [0.3, 0.4) is 0 Å². The molecule has 3 aliphatic rings. The molecule has 1 N–H and O–H groups in total. The first-order valence-electron chi connectivity index (χ1n) is 14.3. The molecule has 0 saturated carbocycles. The lowest BCUT2D eigenvalue weighted by Crippen LogP contribution is -2.52. The van der Waals surface area contributed by atoms with E-state index in [1.807, 2.05) is 42.2 Å². The minimum Gasteiger partial charge on any atom is -0.496 e. The SMILES string of the molecule is COc1ccc(N2CCOCC2)cc1C(=O)N1CCC2(CCCCc3ccccc3OC[C@H](C)NC2=O)CC1. The van der Waals surface area contributed by atoms with E-state index in [0.29, 0.717) is 57.1 Å². The predicted octanol–water partition coefficient (Wildman–Crippen LogP) is 4.06. The van der Waals surface area contributed by atoms with Crippen LogP contribution in [0.2, 0.25) is 0 Å². The Bertz CT molecular complexity index is 1150. The van der Waals surface area contributed by atoms with Crippen LogP contribution in [-0.4, -0.2) is 75.9 Å². The molecule has 0 aromatic heterocycles. The smallest absolute Gasteiger partial charge is 0.257 e. The van der Waals surface area contributed by atoms with Gasteiger partial charge in [-0.05, 0) is 68.9 Å². The Labute approximate surface area is 231 Å². The molecule has 8 nitrogen and oxygen atoms in total. The molecule has 2 aromatic rings. The van der Waals surface area contributed by atoms with Gasteiger partial charge in [0.15, 0.2) is 0 Å². The van der Waals surface area contributed by atoms with Crippen molar-refractivity contribution in [1.29, 1.82) is 0 Å². The van der Waals surface area contributed by atoms with Crippen LogP contribution < -0.4 is 19.7 Å². The topological polar surface area (TPSA) is 80.3 Å². The molecular weight excluding hydrogens is 494 g/mol. The summed E-state index contributed by atoms with van der Waals surface area (Å²) in [4.78, 5) is 31.5. The Hall–Kier alpha value is -3.26. The molecular formula is C31H41N3O5. The summed E-state index contributed by atoms with van der Waals surface area (Å²) in [7, 11) is 1.60. The van der Waals surface area contributed by atoms with Gasteiger partial charge in [-0.1, -0.05) is 24.6 Å². The second-order valence-corrected chi connectivity index (χ2v) is 11.1. The van der Waals surface area contributed by atoms with Gasteiger partial charge in [0.1, 0.15) is 18.1 Å². The maximum absolute atomic E-state index is 13.7. The maximum atomic E-state index is 13.7. The van der Waals surface area contributed by atoms with E-state index < -0.39 is 5.41 Å². The first-order valence-corrected chi connectivity index (χ1v) is 14.3. The molecule has 39 heavy (non-hydrogen) atoms. The summed E-state index contributed by atoms with van der Waals surface area (Å²) in [6.45, 7) is 6.49. The third-order valence-electron chi connectivity index (χ3n) is 8.47. The van der Waals surface area contributed by atoms with Crippen LogP contribution in [0.4, 0.5) is 5.69 Å². The Morgan fingerprint density at radius 2 is 1.79 bits per heavy atom. The number of benzene rings is 2. The number of para-hydroxylation sites is 1. The van der Waals surface area contributed by atoms with Gasteiger partial charge in [-0.15, -0.1) is 0 Å². The highest BCUT2D eigenvalue weighted by Crippen LogP contribution is 2.39. The fraction of sp³-hybridized carbons (Fsp3) is 0.548. The van der Waals surface area contributed by atoms with E-state index in [9.17, 15) is 9.59 Å². The Balaban J connectivity index is 1.28. The molecule has 2 fully saturated rings. The number of amides is 2. The zero-order valence-electron chi connectivity index (χ0n) is 23.2. The zero-order valence-corrected chi connectivity index (χ0v) is 23.2. The molecule has 0 radical (unpaired) electrons. The molecule has 210 valence electrons.